The van der Waals surface area contributed by atoms with Crippen molar-refractivity contribution in [3.05, 3.63) is 35.5 Å². The van der Waals surface area contributed by atoms with Gasteiger partial charge in [-0.15, -0.1) is 0 Å². The quantitative estimate of drug-likeness (QED) is 0.782. The van der Waals surface area contributed by atoms with E-state index in [0.29, 0.717) is 5.56 Å². The van der Waals surface area contributed by atoms with Crippen molar-refractivity contribution in [1.29, 1.82) is 5.26 Å². The van der Waals surface area contributed by atoms with Gasteiger partial charge in [-0.1, -0.05) is 11.6 Å². The molecule has 1 N–H and O–H groups in total. The fourth-order valence-electron chi connectivity index (χ4n) is 1.88. The molecule has 0 saturated heterocycles. The molecule has 16 heavy (non-hydrogen) atoms. The zero-order valence-electron chi connectivity index (χ0n) is 9.24. The van der Waals surface area contributed by atoms with Gasteiger partial charge in [-0.2, -0.15) is 5.26 Å². The molecule has 0 fully saturated rings. The number of nitrogens with one attached hydrogen (secondary N) is 1. The van der Waals surface area contributed by atoms with Crippen LogP contribution < -0.4 is 5.32 Å². The van der Waals surface area contributed by atoms with Crippen LogP contribution in [0.5, 0.6) is 0 Å². The molecule has 1 aromatic heterocycles. The number of pyridine rings is 1. The maximum absolute atomic E-state index is 8.63. The third-order valence-corrected chi connectivity index (χ3v) is 2.78. The van der Waals surface area contributed by atoms with Crippen molar-refractivity contribution in [2.24, 2.45) is 0 Å². The summed E-state index contributed by atoms with van der Waals surface area (Å²) < 4.78 is 0. The SMILES string of the molecule is N#Cc1ccc(NCCC2=CCCC2)nc1. The summed E-state index contributed by atoms with van der Waals surface area (Å²) >= 11 is 0. The van der Waals surface area contributed by atoms with E-state index in [-0.39, 0.29) is 0 Å². The fourth-order valence-corrected chi connectivity index (χ4v) is 1.88. The second-order valence-electron chi connectivity index (χ2n) is 3.98. The van der Waals surface area contributed by atoms with Gasteiger partial charge in [0, 0.05) is 12.7 Å². The van der Waals surface area contributed by atoms with E-state index in [0.717, 1.165) is 18.8 Å². The minimum absolute atomic E-state index is 0.601. The van der Waals surface area contributed by atoms with Crippen LogP contribution in [0.3, 0.4) is 0 Å². The molecule has 82 valence electrons. The van der Waals surface area contributed by atoms with Crippen LogP contribution in [-0.2, 0) is 0 Å². The van der Waals surface area contributed by atoms with Gasteiger partial charge in [0.15, 0.2) is 0 Å². The van der Waals surface area contributed by atoms with Crippen LogP contribution in [-0.4, -0.2) is 11.5 Å². The van der Waals surface area contributed by atoms with E-state index in [1.54, 1.807) is 17.8 Å². The van der Waals surface area contributed by atoms with Gasteiger partial charge in [0.25, 0.3) is 0 Å². The molecule has 0 bridgehead atoms. The maximum atomic E-state index is 8.63. The standard InChI is InChI=1S/C13H15N3/c14-9-12-5-6-13(16-10-12)15-8-7-11-3-1-2-4-11/h3,5-6,10H,1-2,4,7-8H2,(H,15,16). The van der Waals surface area contributed by atoms with Crippen molar-refractivity contribution in [3.8, 4) is 6.07 Å². The molecule has 1 heterocycles. The Morgan fingerprint density at radius 3 is 3.00 bits per heavy atom. The largest absolute Gasteiger partial charge is 0.370 e. The number of allylic oxidation sites excluding steroid dienone is 1. The van der Waals surface area contributed by atoms with E-state index in [2.05, 4.69) is 22.4 Å². The van der Waals surface area contributed by atoms with Gasteiger partial charge in [-0.3, -0.25) is 0 Å². The smallest absolute Gasteiger partial charge is 0.125 e. The normalized spacial score (nSPS) is 14.3. The zero-order chi connectivity index (χ0) is 11.2. The first-order valence-electron chi connectivity index (χ1n) is 5.66. The minimum Gasteiger partial charge on any atom is -0.370 e. The Bertz CT molecular complexity index is 412. The third kappa shape index (κ3) is 2.83. The number of hydrogen-bond donors (Lipinski definition) is 1. The molecule has 0 aliphatic heterocycles. The van der Waals surface area contributed by atoms with E-state index in [1.807, 2.05) is 6.07 Å². The van der Waals surface area contributed by atoms with Gasteiger partial charge in [0.2, 0.25) is 0 Å². The molecule has 1 aliphatic rings. The van der Waals surface area contributed by atoms with Crippen LogP contribution in [0.1, 0.15) is 31.2 Å². The Balaban J connectivity index is 1.78. The lowest BCUT2D eigenvalue weighted by Crippen LogP contribution is -2.03. The highest BCUT2D eigenvalue weighted by Crippen LogP contribution is 2.20. The minimum atomic E-state index is 0.601. The lowest BCUT2D eigenvalue weighted by atomic mass is 10.2. The summed E-state index contributed by atoms with van der Waals surface area (Å²) in [7, 11) is 0. The molecular weight excluding hydrogens is 198 g/mol. The van der Waals surface area contributed by atoms with Gasteiger partial charge in [0.1, 0.15) is 11.9 Å². The molecule has 0 saturated carbocycles. The highest BCUT2D eigenvalue weighted by molar-refractivity contribution is 5.39. The van der Waals surface area contributed by atoms with Gasteiger partial charge >= 0.3 is 0 Å². The number of nitrogens with zero attached hydrogens (tertiary/aromatic N) is 2. The first-order chi connectivity index (χ1) is 7.88. The van der Waals surface area contributed by atoms with E-state index >= 15 is 0 Å². The van der Waals surface area contributed by atoms with Crippen LogP contribution in [0.15, 0.2) is 30.0 Å². The first kappa shape index (κ1) is 10.7. The van der Waals surface area contributed by atoms with Crippen LogP contribution in [0.25, 0.3) is 0 Å². The summed E-state index contributed by atoms with van der Waals surface area (Å²) in [5, 5.41) is 11.9. The van der Waals surface area contributed by atoms with Crippen LogP contribution >= 0.6 is 0 Å². The second kappa shape index (κ2) is 5.32. The summed E-state index contributed by atoms with van der Waals surface area (Å²) in [6.45, 7) is 0.921. The summed E-state index contributed by atoms with van der Waals surface area (Å²) in [4.78, 5) is 4.16. The number of anilines is 1. The third-order valence-electron chi connectivity index (χ3n) is 2.78. The van der Waals surface area contributed by atoms with Crippen molar-refractivity contribution in [2.45, 2.75) is 25.7 Å². The Labute approximate surface area is 95.8 Å². The van der Waals surface area contributed by atoms with E-state index in [1.165, 1.54) is 19.3 Å². The Hall–Kier alpha value is -1.82. The van der Waals surface area contributed by atoms with Crippen LogP contribution in [0, 0.1) is 11.3 Å². The van der Waals surface area contributed by atoms with Crippen molar-refractivity contribution in [3.63, 3.8) is 0 Å². The van der Waals surface area contributed by atoms with Crippen molar-refractivity contribution in [2.75, 3.05) is 11.9 Å². The second-order valence-corrected chi connectivity index (χ2v) is 3.98. The first-order valence-corrected chi connectivity index (χ1v) is 5.66. The lowest BCUT2D eigenvalue weighted by Gasteiger charge is -2.05. The highest BCUT2D eigenvalue weighted by Gasteiger charge is 2.03. The zero-order valence-corrected chi connectivity index (χ0v) is 9.24. The molecule has 3 heteroatoms. The van der Waals surface area contributed by atoms with Crippen LogP contribution in [0.4, 0.5) is 5.82 Å². The van der Waals surface area contributed by atoms with Gasteiger partial charge in [-0.05, 0) is 37.8 Å². The molecular formula is C13H15N3. The molecule has 0 unspecified atom stereocenters. The predicted molar refractivity (Wildman–Crippen MR) is 64.0 cm³/mol. The molecule has 1 aliphatic carbocycles. The topological polar surface area (TPSA) is 48.7 Å². The summed E-state index contributed by atoms with van der Waals surface area (Å²) in [6.07, 6.45) is 8.84. The molecule has 0 atom stereocenters. The van der Waals surface area contributed by atoms with Crippen molar-refractivity contribution < 1.29 is 0 Å². The van der Waals surface area contributed by atoms with E-state index in [9.17, 15) is 0 Å². The average Bonchev–Trinajstić information content (AvgIpc) is 2.83. The number of rotatable bonds is 4. The maximum Gasteiger partial charge on any atom is 0.125 e. The van der Waals surface area contributed by atoms with Crippen molar-refractivity contribution >= 4 is 5.82 Å². The Morgan fingerprint density at radius 1 is 1.44 bits per heavy atom. The van der Waals surface area contributed by atoms with Crippen molar-refractivity contribution in [1.82, 2.24) is 4.98 Å². The molecule has 0 aromatic carbocycles. The summed E-state index contributed by atoms with van der Waals surface area (Å²) in [5.41, 5.74) is 2.16. The summed E-state index contributed by atoms with van der Waals surface area (Å²) in [6, 6.07) is 5.69. The predicted octanol–water partition coefficient (Wildman–Crippen LogP) is 2.87. The number of hydrogen-bond acceptors (Lipinski definition) is 3. The van der Waals surface area contributed by atoms with Gasteiger partial charge < -0.3 is 5.32 Å². The molecule has 3 nitrogen and oxygen atoms in total. The molecule has 1 aromatic rings. The van der Waals surface area contributed by atoms with E-state index in [4.69, 9.17) is 5.26 Å². The molecule has 0 radical (unpaired) electrons. The highest BCUT2D eigenvalue weighted by atomic mass is 15.0. The Morgan fingerprint density at radius 2 is 2.38 bits per heavy atom. The molecule has 0 spiro atoms. The summed E-state index contributed by atoms with van der Waals surface area (Å²) in [5.74, 6) is 0.845. The van der Waals surface area contributed by atoms with E-state index < -0.39 is 0 Å². The fraction of sp³-hybridized carbons (Fsp3) is 0.385. The number of aromatic nitrogens is 1. The molecule has 0 amide bonds. The average molecular weight is 213 g/mol. The monoisotopic (exact) mass is 213 g/mol. The Kier molecular flexibility index (Phi) is 3.55. The van der Waals surface area contributed by atoms with Gasteiger partial charge in [0.05, 0.1) is 5.56 Å². The molecule has 2 rings (SSSR count). The van der Waals surface area contributed by atoms with Crippen LogP contribution in [0.2, 0.25) is 0 Å². The number of nitriles is 1. The van der Waals surface area contributed by atoms with Gasteiger partial charge in [-0.25, -0.2) is 4.98 Å². The lowest BCUT2D eigenvalue weighted by molar-refractivity contribution is 0.862.